The predicted octanol–water partition coefficient (Wildman–Crippen LogP) is 3.24. The number of amidine groups is 1. The van der Waals surface area contributed by atoms with Gasteiger partial charge < -0.3 is 4.90 Å². The van der Waals surface area contributed by atoms with Crippen molar-refractivity contribution in [2.75, 3.05) is 14.1 Å². The van der Waals surface area contributed by atoms with Crippen LogP contribution in [0.25, 0.3) is 20.4 Å². The summed E-state index contributed by atoms with van der Waals surface area (Å²) in [6, 6.07) is 3.96. The number of pyridine rings is 1. The maximum atomic E-state index is 4.67. The van der Waals surface area contributed by atoms with Gasteiger partial charge in [0.05, 0.1) is 5.52 Å². The molecule has 0 fully saturated rings. The number of nitrogens with zero attached hydrogens (tertiary/aromatic N) is 5. The first kappa shape index (κ1) is 12.9. The molecule has 102 valence electrons. The molecule has 3 rings (SSSR count). The second-order valence-corrected chi connectivity index (χ2v) is 5.61. The van der Waals surface area contributed by atoms with Crippen LogP contribution in [0.4, 0.5) is 5.82 Å². The van der Waals surface area contributed by atoms with Gasteiger partial charge >= 0.3 is 0 Å². The number of fused-ring (bicyclic) bond motifs is 3. The molecule has 3 aromatic rings. The molecule has 0 aliphatic heterocycles. The van der Waals surface area contributed by atoms with Gasteiger partial charge in [0.15, 0.2) is 5.82 Å². The van der Waals surface area contributed by atoms with Crippen LogP contribution in [-0.2, 0) is 0 Å². The fraction of sp³-hybridized carbons (Fsp3) is 0.286. The summed E-state index contributed by atoms with van der Waals surface area (Å²) in [5.41, 5.74) is 0.932. The van der Waals surface area contributed by atoms with Crippen molar-refractivity contribution in [3.8, 4) is 0 Å². The van der Waals surface area contributed by atoms with Gasteiger partial charge in [0.2, 0.25) is 0 Å². The van der Waals surface area contributed by atoms with Crippen LogP contribution >= 0.6 is 11.3 Å². The van der Waals surface area contributed by atoms with E-state index in [1.807, 2.05) is 31.1 Å². The topological polar surface area (TPSA) is 54.3 Å². The summed E-state index contributed by atoms with van der Waals surface area (Å²) in [6.07, 6.45) is 4.23. The SMILES string of the molecule is CCC(=Nc1ncnc2c1sc1ncccc12)N(C)C. The number of hydrogen-bond acceptors (Lipinski definition) is 5. The molecule has 0 aliphatic carbocycles. The first-order chi connectivity index (χ1) is 9.70. The van der Waals surface area contributed by atoms with Crippen molar-refractivity contribution in [2.24, 2.45) is 4.99 Å². The average Bonchev–Trinajstić information content (AvgIpc) is 2.84. The van der Waals surface area contributed by atoms with Gasteiger partial charge in [0.1, 0.15) is 21.7 Å². The lowest BCUT2D eigenvalue weighted by atomic mass is 10.3. The van der Waals surface area contributed by atoms with Crippen LogP contribution in [0.15, 0.2) is 29.6 Å². The number of thiophene rings is 1. The summed E-state index contributed by atoms with van der Waals surface area (Å²) in [6.45, 7) is 2.09. The van der Waals surface area contributed by atoms with E-state index in [0.29, 0.717) is 0 Å². The molecule has 0 radical (unpaired) electrons. The van der Waals surface area contributed by atoms with E-state index in [9.17, 15) is 0 Å². The second-order valence-electron chi connectivity index (χ2n) is 4.61. The Hall–Kier alpha value is -2.08. The quantitative estimate of drug-likeness (QED) is 0.536. The summed E-state index contributed by atoms with van der Waals surface area (Å²) in [5, 5.41) is 1.06. The zero-order valence-corrected chi connectivity index (χ0v) is 12.5. The molecule has 20 heavy (non-hydrogen) atoms. The number of aromatic nitrogens is 3. The van der Waals surface area contributed by atoms with Crippen molar-refractivity contribution in [2.45, 2.75) is 13.3 Å². The van der Waals surface area contributed by atoms with Crippen molar-refractivity contribution >= 4 is 43.4 Å². The Morgan fingerprint density at radius 2 is 2.15 bits per heavy atom. The lowest BCUT2D eigenvalue weighted by molar-refractivity contribution is 0.607. The van der Waals surface area contributed by atoms with Gasteiger partial charge in [-0.2, -0.15) is 0 Å². The van der Waals surface area contributed by atoms with Gasteiger partial charge in [0, 0.05) is 32.1 Å². The first-order valence-corrected chi connectivity index (χ1v) is 7.25. The average molecular weight is 285 g/mol. The van der Waals surface area contributed by atoms with E-state index in [1.54, 1.807) is 23.9 Å². The van der Waals surface area contributed by atoms with Crippen LogP contribution in [0.5, 0.6) is 0 Å². The summed E-state index contributed by atoms with van der Waals surface area (Å²) in [4.78, 5) is 20.8. The van der Waals surface area contributed by atoms with E-state index in [2.05, 4.69) is 26.9 Å². The van der Waals surface area contributed by atoms with E-state index in [-0.39, 0.29) is 0 Å². The summed E-state index contributed by atoms with van der Waals surface area (Å²) in [5.74, 6) is 1.72. The van der Waals surface area contributed by atoms with Crippen LogP contribution in [0.3, 0.4) is 0 Å². The molecule has 0 bridgehead atoms. The highest BCUT2D eigenvalue weighted by molar-refractivity contribution is 7.25. The van der Waals surface area contributed by atoms with Crippen LogP contribution in [0.2, 0.25) is 0 Å². The van der Waals surface area contributed by atoms with Crippen molar-refractivity contribution in [1.29, 1.82) is 0 Å². The maximum Gasteiger partial charge on any atom is 0.175 e. The maximum absolute atomic E-state index is 4.67. The minimum absolute atomic E-state index is 0.726. The smallest absolute Gasteiger partial charge is 0.175 e. The third-order valence-electron chi connectivity index (χ3n) is 3.08. The summed E-state index contributed by atoms with van der Waals surface area (Å²) in [7, 11) is 3.99. The minimum Gasteiger partial charge on any atom is -0.366 e. The van der Waals surface area contributed by atoms with Gasteiger partial charge in [0.25, 0.3) is 0 Å². The lowest BCUT2D eigenvalue weighted by Gasteiger charge is -2.13. The van der Waals surface area contributed by atoms with Crippen molar-refractivity contribution in [3.63, 3.8) is 0 Å². The Balaban J connectivity index is 2.26. The first-order valence-electron chi connectivity index (χ1n) is 6.43. The molecular formula is C14H15N5S. The third kappa shape index (κ3) is 2.12. The lowest BCUT2D eigenvalue weighted by Crippen LogP contribution is -2.20. The Bertz CT molecular complexity index is 790. The number of hydrogen-bond donors (Lipinski definition) is 0. The van der Waals surface area contributed by atoms with Crippen molar-refractivity contribution in [3.05, 3.63) is 24.7 Å². The predicted molar refractivity (Wildman–Crippen MR) is 83.8 cm³/mol. The third-order valence-corrected chi connectivity index (χ3v) is 4.18. The molecule has 0 amide bonds. The molecule has 0 atom stereocenters. The Labute approximate surface area is 121 Å². The fourth-order valence-electron chi connectivity index (χ4n) is 2.10. The molecule has 0 aliphatic rings. The van der Waals surface area contributed by atoms with Gasteiger partial charge in [-0.3, -0.25) is 0 Å². The highest BCUT2D eigenvalue weighted by atomic mass is 32.1. The van der Waals surface area contributed by atoms with E-state index >= 15 is 0 Å². The molecule has 0 saturated carbocycles. The van der Waals surface area contributed by atoms with E-state index in [4.69, 9.17) is 0 Å². The van der Waals surface area contributed by atoms with Crippen LogP contribution in [0.1, 0.15) is 13.3 Å². The number of aliphatic imine (C=N–C) groups is 1. The van der Waals surface area contributed by atoms with Gasteiger partial charge in [-0.05, 0) is 12.1 Å². The Morgan fingerprint density at radius 3 is 2.90 bits per heavy atom. The van der Waals surface area contributed by atoms with Crippen molar-refractivity contribution in [1.82, 2.24) is 19.9 Å². The molecular weight excluding hydrogens is 270 g/mol. The van der Waals surface area contributed by atoms with E-state index in [0.717, 1.165) is 38.5 Å². The van der Waals surface area contributed by atoms with Gasteiger partial charge in [-0.25, -0.2) is 19.9 Å². The Morgan fingerprint density at radius 1 is 1.30 bits per heavy atom. The Kier molecular flexibility index (Phi) is 3.31. The number of rotatable bonds is 2. The molecule has 3 aromatic heterocycles. The zero-order valence-electron chi connectivity index (χ0n) is 11.7. The standard InChI is InChI=1S/C14H15N5S/c1-4-10(19(2)3)18-13-12-11(16-8-17-13)9-6-5-7-15-14(9)20-12/h5-8H,4H2,1-3H3. The van der Waals surface area contributed by atoms with Crippen LogP contribution in [-0.4, -0.2) is 39.8 Å². The van der Waals surface area contributed by atoms with Gasteiger partial charge in [-0.1, -0.05) is 6.92 Å². The molecule has 3 heterocycles. The molecule has 6 heteroatoms. The van der Waals surface area contributed by atoms with Crippen LogP contribution in [0, 0.1) is 0 Å². The van der Waals surface area contributed by atoms with Crippen molar-refractivity contribution < 1.29 is 0 Å². The fourth-order valence-corrected chi connectivity index (χ4v) is 3.13. The molecule has 0 unspecified atom stereocenters. The van der Waals surface area contributed by atoms with E-state index < -0.39 is 0 Å². The van der Waals surface area contributed by atoms with Gasteiger partial charge in [-0.15, -0.1) is 11.3 Å². The molecule has 0 N–H and O–H groups in total. The summed E-state index contributed by atoms with van der Waals surface area (Å²) >= 11 is 1.59. The minimum atomic E-state index is 0.726. The summed E-state index contributed by atoms with van der Waals surface area (Å²) < 4.78 is 0.994. The molecule has 0 saturated heterocycles. The molecule has 5 nitrogen and oxygen atoms in total. The molecule has 0 spiro atoms. The normalized spacial score (nSPS) is 12.2. The zero-order chi connectivity index (χ0) is 14.1. The highest BCUT2D eigenvalue weighted by Crippen LogP contribution is 2.35. The monoisotopic (exact) mass is 285 g/mol. The van der Waals surface area contributed by atoms with Crippen LogP contribution < -0.4 is 0 Å². The highest BCUT2D eigenvalue weighted by Gasteiger charge is 2.12. The molecule has 0 aromatic carbocycles. The second kappa shape index (κ2) is 5.13. The van der Waals surface area contributed by atoms with E-state index in [1.165, 1.54) is 0 Å². The largest absolute Gasteiger partial charge is 0.366 e.